The number of halogens is 3. The zero-order chi connectivity index (χ0) is 24.8. The van der Waals surface area contributed by atoms with E-state index in [1.165, 1.54) is 5.57 Å². The van der Waals surface area contributed by atoms with Crippen LogP contribution >= 0.6 is 11.3 Å². The van der Waals surface area contributed by atoms with Crippen LogP contribution in [0.15, 0.2) is 52.2 Å². The molecule has 1 unspecified atom stereocenters. The van der Waals surface area contributed by atoms with Gasteiger partial charge in [-0.3, -0.25) is 0 Å². The van der Waals surface area contributed by atoms with Crippen molar-refractivity contribution in [3.8, 4) is 0 Å². The molecule has 33 heavy (non-hydrogen) atoms. The lowest BCUT2D eigenvalue weighted by molar-refractivity contribution is -0.137. The highest BCUT2D eigenvalue weighted by atomic mass is 32.1. The lowest BCUT2D eigenvalue weighted by atomic mass is 9.75. The molecule has 0 bridgehead atoms. The molecule has 0 aromatic carbocycles. The Bertz CT molecular complexity index is 956. The second-order valence-electron chi connectivity index (χ2n) is 9.31. The van der Waals surface area contributed by atoms with Gasteiger partial charge in [-0.05, 0) is 65.8 Å². The number of rotatable bonds is 9. The molecule has 1 aromatic heterocycles. The van der Waals surface area contributed by atoms with E-state index in [1.807, 2.05) is 17.5 Å². The maximum atomic E-state index is 12.6. The number of hydrogen-bond acceptors (Lipinski definition) is 3. The van der Waals surface area contributed by atoms with Gasteiger partial charge in [0.1, 0.15) is 5.76 Å². The van der Waals surface area contributed by atoms with Gasteiger partial charge in [0, 0.05) is 23.3 Å². The van der Waals surface area contributed by atoms with E-state index in [4.69, 9.17) is 9.84 Å². The van der Waals surface area contributed by atoms with Gasteiger partial charge in [-0.25, -0.2) is 4.79 Å². The standard InChI is InChI=1S/C26H33F3O3S/c1-6-18-15-20(19-10-13-33-22(19)9-8-17(2)14-23(30)31)24(21(16-18)25(3,4)5)32-12-7-11-26(27,28)29/h8-10,13-14,16,20H,6-7,11-12,15H2,1-5H3,(H,30,31)/b9-8+,17-14+. The van der Waals surface area contributed by atoms with E-state index in [0.717, 1.165) is 40.7 Å². The van der Waals surface area contributed by atoms with Crippen molar-refractivity contribution in [1.82, 2.24) is 0 Å². The lowest BCUT2D eigenvalue weighted by Crippen LogP contribution is -2.21. The molecule has 0 aliphatic heterocycles. The third-order valence-corrected chi connectivity index (χ3v) is 6.37. The zero-order valence-electron chi connectivity index (χ0n) is 19.9. The van der Waals surface area contributed by atoms with Crippen molar-refractivity contribution in [2.24, 2.45) is 5.41 Å². The van der Waals surface area contributed by atoms with Crippen molar-refractivity contribution in [3.05, 3.63) is 62.6 Å². The smallest absolute Gasteiger partial charge is 0.389 e. The quantitative estimate of drug-likeness (QED) is 0.219. The normalized spacial score (nSPS) is 18.1. The summed E-state index contributed by atoms with van der Waals surface area (Å²) in [6, 6.07) is 2.03. The number of carboxylic acids is 1. The summed E-state index contributed by atoms with van der Waals surface area (Å²) < 4.78 is 44.0. The Hall–Kier alpha value is -2.28. The summed E-state index contributed by atoms with van der Waals surface area (Å²) in [4.78, 5) is 11.9. The summed E-state index contributed by atoms with van der Waals surface area (Å²) in [7, 11) is 0. The van der Waals surface area contributed by atoms with E-state index in [1.54, 1.807) is 24.3 Å². The Morgan fingerprint density at radius 3 is 2.58 bits per heavy atom. The molecule has 1 N–H and O–H groups in total. The fourth-order valence-electron chi connectivity index (χ4n) is 3.80. The molecule has 1 aromatic rings. The van der Waals surface area contributed by atoms with Crippen LogP contribution in [-0.2, 0) is 9.53 Å². The fourth-order valence-corrected chi connectivity index (χ4v) is 4.65. The molecule has 0 radical (unpaired) electrons. The Labute approximate surface area is 198 Å². The van der Waals surface area contributed by atoms with E-state index in [-0.39, 0.29) is 24.4 Å². The molecule has 0 spiro atoms. The number of aliphatic carboxylic acids is 1. The molecule has 0 fully saturated rings. The molecule has 3 nitrogen and oxygen atoms in total. The van der Waals surface area contributed by atoms with Crippen molar-refractivity contribution in [3.63, 3.8) is 0 Å². The van der Waals surface area contributed by atoms with Gasteiger partial charge in [0.15, 0.2) is 0 Å². The first-order valence-corrected chi connectivity index (χ1v) is 12.0. The molecule has 2 rings (SSSR count). The molecule has 1 heterocycles. The van der Waals surface area contributed by atoms with Gasteiger partial charge < -0.3 is 9.84 Å². The van der Waals surface area contributed by atoms with E-state index < -0.39 is 18.6 Å². The van der Waals surface area contributed by atoms with Crippen LogP contribution < -0.4 is 0 Å². The minimum atomic E-state index is -4.20. The van der Waals surface area contributed by atoms with Crippen molar-refractivity contribution >= 4 is 23.4 Å². The Balaban J connectivity index is 2.44. The van der Waals surface area contributed by atoms with Gasteiger partial charge in [0.05, 0.1) is 6.61 Å². The van der Waals surface area contributed by atoms with E-state index >= 15 is 0 Å². The van der Waals surface area contributed by atoms with Crippen LogP contribution in [0.1, 0.15) is 76.7 Å². The number of allylic oxidation sites excluding steroid dienone is 6. The van der Waals surface area contributed by atoms with Crippen molar-refractivity contribution in [1.29, 1.82) is 0 Å². The van der Waals surface area contributed by atoms with Gasteiger partial charge in [-0.15, -0.1) is 11.3 Å². The Morgan fingerprint density at radius 1 is 1.30 bits per heavy atom. The summed E-state index contributed by atoms with van der Waals surface area (Å²) in [6.45, 7) is 10.1. The third kappa shape index (κ3) is 8.22. The monoisotopic (exact) mass is 482 g/mol. The Morgan fingerprint density at radius 2 is 2.00 bits per heavy atom. The van der Waals surface area contributed by atoms with Crippen molar-refractivity contribution < 1.29 is 27.8 Å². The predicted octanol–water partition coefficient (Wildman–Crippen LogP) is 8.28. The first-order chi connectivity index (χ1) is 15.3. The molecule has 0 saturated heterocycles. The molecule has 0 amide bonds. The van der Waals surface area contributed by atoms with Crippen LogP contribution in [0.5, 0.6) is 0 Å². The molecular formula is C26H33F3O3S. The Kier molecular flexibility index (Phi) is 9.18. The zero-order valence-corrected chi connectivity index (χ0v) is 20.7. The van der Waals surface area contributed by atoms with Crippen LogP contribution in [-0.4, -0.2) is 23.9 Å². The molecule has 7 heteroatoms. The fraction of sp³-hybridized carbons (Fsp3) is 0.500. The number of alkyl halides is 3. The van der Waals surface area contributed by atoms with Crippen LogP contribution in [0.3, 0.4) is 0 Å². The van der Waals surface area contributed by atoms with Crippen LogP contribution in [0.25, 0.3) is 6.08 Å². The van der Waals surface area contributed by atoms with Gasteiger partial charge in [0.2, 0.25) is 0 Å². The van der Waals surface area contributed by atoms with Crippen molar-refractivity contribution in [2.45, 2.75) is 72.4 Å². The van der Waals surface area contributed by atoms with E-state index in [9.17, 15) is 18.0 Å². The molecule has 0 saturated carbocycles. The third-order valence-electron chi connectivity index (χ3n) is 5.47. The van der Waals surface area contributed by atoms with Crippen LogP contribution in [0, 0.1) is 5.41 Å². The molecule has 1 atom stereocenters. The summed E-state index contributed by atoms with van der Waals surface area (Å²) >= 11 is 1.55. The minimum Gasteiger partial charge on any atom is -0.497 e. The number of thiophene rings is 1. The molecule has 1 aliphatic rings. The predicted molar refractivity (Wildman–Crippen MR) is 128 cm³/mol. The number of carbonyl (C=O) groups is 1. The van der Waals surface area contributed by atoms with Gasteiger partial charge >= 0.3 is 12.1 Å². The van der Waals surface area contributed by atoms with Crippen molar-refractivity contribution in [2.75, 3.05) is 6.61 Å². The molecular weight excluding hydrogens is 449 g/mol. The summed E-state index contributed by atoms with van der Waals surface area (Å²) in [5.41, 5.74) is 3.73. The largest absolute Gasteiger partial charge is 0.497 e. The second-order valence-corrected chi connectivity index (χ2v) is 10.3. The summed E-state index contributed by atoms with van der Waals surface area (Å²) in [6.07, 6.45) is 3.44. The lowest BCUT2D eigenvalue weighted by Gasteiger charge is -2.34. The maximum Gasteiger partial charge on any atom is 0.389 e. The summed E-state index contributed by atoms with van der Waals surface area (Å²) in [5, 5.41) is 10.9. The number of carboxylic acid groups (broad SMARTS) is 1. The average molecular weight is 483 g/mol. The minimum absolute atomic E-state index is 0.00991. The van der Waals surface area contributed by atoms with Gasteiger partial charge in [-0.1, -0.05) is 45.4 Å². The first-order valence-electron chi connectivity index (χ1n) is 11.1. The average Bonchev–Trinajstić information content (AvgIpc) is 3.15. The second kappa shape index (κ2) is 11.2. The first kappa shape index (κ1) is 27.0. The topological polar surface area (TPSA) is 46.5 Å². The number of hydrogen-bond donors (Lipinski definition) is 1. The highest BCUT2D eigenvalue weighted by molar-refractivity contribution is 7.11. The maximum absolute atomic E-state index is 12.6. The highest BCUT2D eigenvalue weighted by Crippen LogP contribution is 2.46. The summed E-state index contributed by atoms with van der Waals surface area (Å²) in [5.74, 6) is -0.353. The van der Waals surface area contributed by atoms with Gasteiger partial charge in [-0.2, -0.15) is 13.2 Å². The SMILES string of the molecule is CCC1=CC(C(C)(C)C)=C(OCCCC(F)(F)F)C(c2ccsc2/C=C/C(C)=C/C(=O)O)C1. The molecule has 1 aliphatic carbocycles. The van der Waals surface area contributed by atoms with E-state index in [0.29, 0.717) is 5.57 Å². The number of ether oxygens (including phenoxy) is 1. The van der Waals surface area contributed by atoms with Crippen LogP contribution in [0.4, 0.5) is 13.2 Å². The van der Waals surface area contributed by atoms with Crippen LogP contribution in [0.2, 0.25) is 0 Å². The van der Waals surface area contributed by atoms with E-state index in [2.05, 4.69) is 33.8 Å². The van der Waals surface area contributed by atoms with Gasteiger partial charge in [0.25, 0.3) is 0 Å². The highest BCUT2D eigenvalue weighted by Gasteiger charge is 2.33. The molecule has 182 valence electrons.